The van der Waals surface area contributed by atoms with Gasteiger partial charge in [0.25, 0.3) is 0 Å². The number of benzene rings is 1. The van der Waals surface area contributed by atoms with Crippen LogP contribution in [-0.2, 0) is 6.54 Å². The van der Waals surface area contributed by atoms with E-state index in [2.05, 4.69) is 4.90 Å². The minimum atomic E-state index is -0.346. The summed E-state index contributed by atoms with van der Waals surface area (Å²) in [6.07, 6.45) is 2.46. The number of alkyl halides is 1. The smallest absolute Gasteiger partial charge is 0.142 e. The molecular weight excluding hydrogens is 248 g/mol. The zero-order chi connectivity index (χ0) is 11.5. The highest BCUT2D eigenvalue weighted by atomic mass is 35.5. The van der Waals surface area contributed by atoms with Crippen LogP contribution in [0.5, 0.6) is 0 Å². The molecule has 0 saturated heterocycles. The van der Waals surface area contributed by atoms with Crippen LogP contribution in [0.15, 0.2) is 18.2 Å². The van der Waals surface area contributed by atoms with Gasteiger partial charge in [0.15, 0.2) is 0 Å². The highest BCUT2D eigenvalue weighted by Gasteiger charge is 2.28. The third-order valence-corrected chi connectivity index (χ3v) is 3.28. The van der Waals surface area contributed by atoms with E-state index in [1.54, 1.807) is 6.07 Å². The summed E-state index contributed by atoms with van der Waals surface area (Å²) in [4.78, 5) is 2.30. The molecule has 16 heavy (non-hydrogen) atoms. The average molecular weight is 262 g/mol. The van der Waals surface area contributed by atoms with Crippen molar-refractivity contribution in [2.45, 2.75) is 25.4 Å². The maximum Gasteiger partial charge on any atom is 0.142 e. The van der Waals surface area contributed by atoms with Crippen LogP contribution in [0.3, 0.4) is 0 Å². The summed E-state index contributed by atoms with van der Waals surface area (Å²) in [6.45, 7) is 1.61. The molecule has 1 aromatic carbocycles. The molecule has 4 heteroatoms. The van der Waals surface area contributed by atoms with Gasteiger partial charge in [-0.25, -0.2) is 4.39 Å². The van der Waals surface area contributed by atoms with Crippen LogP contribution >= 0.6 is 23.2 Å². The van der Waals surface area contributed by atoms with Gasteiger partial charge in [-0.05, 0) is 30.5 Å². The van der Waals surface area contributed by atoms with Crippen molar-refractivity contribution in [1.29, 1.82) is 0 Å². The molecule has 1 aliphatic rings. The Hall–Kier alpha value is -0.310. The molecule has 0 unspecified atom stereocenters. The molecule has 0 spiro atoms. The first-order valence-electron chi connectivity index (χ1n) is 5.44. The van der Waals surface area contributed by atoms with Crippen LogP contribution < -0.4 is 0 Å². The molecule has 0 radical (unpaired) electrons. The second kappa shape index (κ2) is 5.35. The molecule has 1 saturated carbocycles. The van der Waals surface area contributed by atoms with Crippen molar-refractivity contribution >= 4 is 23.2 Å². The second-order valence-electron chi connectivity index (χ2n) is 4.14. The maximum absolute atomic E-state index is 13.3. The van der Waals surface area contributed by atoms with Gasteiger partial charge in [-0.1, -0.05) is 17.7 Å². The van der Waals surface area contributed by atoms with E-state index in [-0.39, 0.29) is 10.8 Å². The third kappa shape index (κ3) is 3.09. The van der Waals surface area contributed by atoms with E-state index in [0.29, 0.717) is 11.9 Å². The molecule has 0 aromatic heterocycles. The van der Waals surface area contributed by atoms with E-state index in [1.807, 2.05) is 6.07 Å². The minimum absolute atomic E-state index is 0.180. The van der Waals surface area contributed by atoms with Crippen molar-refractivity contribution in [2.24, 2.45) is 0 Å². The summed E-state index contributed by atoms with van der Waals surface area (Å²) < 4.78 is 13.3. The van der Waals surface area contributed by atoms with E-state index in [1.165, 1.54) is 18.9 Å². The standard InChI is InChI=1S/C12H14Cl2FN/c13-5-6-16(10-2-3-10)8-9-1-4-11(14)12(15)7-9/h1,4,7,10H,2-3,5-6,8H2. The topological polar surface area (TPSA) is 3.24 Å². The number of halogens is 3. The van der Waals surface area contributed by atoms with Gasteiger partial charge in [0.2, 0.25) is 0 Å². The predicted molar refractivity (Wildman–Crippen MR) is 65.6 cm³/mol. The molecule has 2 rings (SSSR count). The summed E-state index contributed by atoms with van der Waals surface area (Å²) in [7, 11) is 0. The Labute approximate surface area is 105 Å². The maximum atomic E-state index is 13.3. The van der Waals surface area contributed by atoms with Crippen molar-refractivity contribution < 1.29 is 4.39 Å². The Bertz CT molecular complexity index is 366. The lowest BCUT2D eigenvalue weighted by Crippen LogP contribution is -2.27. The molecule has 88 valence electrons. The van der Waals surface area contributed by atoms with E-state index >= 15 is 0 Å². The van der Waals surface area contributed by atoms with Crippen LogP contribution in [0.25, 0.3) is 0 Å². The highest BCUT2D eigenvalue weighted by molar-refractivity contribution is 6.30. The molecule has 1 nitrogen and oxygen atoms in total. The summed E-state index contributed by atoms with van der Waals surface area (Å²) >= 11 is 11.4. The van der Waals surface area contributed by atoms with Gasteiger partial charge < -0.3 is 0 Å². The summed E-state index contributed by atoms with van der Waals surface area (Å²) in [5, 5.41) is 0.180. The lowest BCUT2D eigenvalue weighted by Gasteiger charge is -2.20. The zero-order valence-electron chi connectivity index (χ0n) is 8.93. The number of nitrogens with zero attached hydrogens (tertiary/aromatic N) is 1. The van der Waals surface area contributed by atoms with Crippen LogP contribution in [0.4, 0.5) is 4.39 Å². The minimum Gasteiger partial charge on any atom is -0.295 e. The van der Waals surface area contributed by atoms with Gasteiger partial charge in [-0.2, -0.15) is 0 Å². The number of hydrogen-bond donors (Lipinski definition) is 0. The summed E-state index contributed by atoms with van der Waals surface area (Å²) in [5.74, 6) is 0.271. The molecular formula is C12H14Cl2FN. The SMILES string of the molecule is Fc1cc(CN(CCCl)C2CC2)ccc1Cl. The van der Waals surface area contributed by atoms with Crippen LogP contribution in [0, 0.1) is 5.82 Å². The average Bonchev–Trinajstić information content (AvgIpc) is 3.06. The Balaban J connectivity index is 2.03. The van der Waals surface area contributed by atoms with E-state index in [9.17, 15) is 4.39 Å². The first-order valence-corrected chi connectivity index (χ1v) is 6.36. The van der Waals surface area contributed by atoms with Gasteiger partial charge in [0.05, 0.1) is 5.02 Å². The Morgan fingerprint density at radius 2 is 2.12 bits per heavy atom. The number of hydrogen-bond acceptors (Lipinski definition) is 1. The molecule has 1 fully saturated rings. The lowest BCUT2D eigenvalue weighted by molar-refractivity contribution is 0.270. The lowest BCUT2D eigenvalue weighted by atomic mass is 10.2. The third-order valence-electron chi connectivity index (χ3n) is 2.80. The zero-order valence-corrected chi connectivity index (χ0v) is 10.4. The van der Waals surface area contributed by atoms with Crippen molar-refractivity contribution in [1.82, 2.24) is 4.90 Å². The normalized spacial score (nSPS) is 15.8. The Morgan fingerprint density at radius 3 is 2.69 bits per heavy atom. The summed E-state index contributed by atoms with van der Waals surface area (Å²) in [6, 6.07) is 5.62. The van der Waals surface area contributed by atoms with Gasteiger partial charge in [0, 0.05) is 25.0 Å². The van der Waals surface area contributed by atoms with Crippen molar-refractivity contribution in [3.05, 3.63) is 34.6 Å². The molecule has 1 aromatic rings. The van der Waals surface area contributed by atoms with Gasteiger partial charge in [-0.15, -0.1) is 11.6 Å². The van der Waals surface area contributed by atoms with Crippen LogP contribution in [0.1, 0.15) is 18.4 Å². The Morgan fingerprint density at radius 1 is 1.38 bits per heavy atom. The van der Waals surface area contributed by atoms with Gasteiger partial charge in [-0.3, -0.25) is 4.90 Å². The van der Waals surface area contributed by atoms with Gasteiger partial charge in [0.1, 0.15) is 5.82 Å². The molecule has 0 atom stereocenters. The monoisotopic (exact) mass is 261 g/mol. The Kier molecular flexibility index (Phi) is 4.06. The van der Waals surface area contributed by atoms with Crippen molar-refractivity contribution in [3.8, 4) is 0 Å². The molecule has 1 aliphatic carbocycles. The van der Waals surface area contributed by atoms with Crippen molar-refractivity contribution in [3.63, 3.8) is 0 Å². The van der Waals surface area contributed by atoms with E-state index < -0.39 is 0 Å². The predicted octanol–water partition coefficient (Wildman–Crippen LogP) is 3.68. The van der Waals surface area contributed by atoms with Crippen molar-refractivity contribution in [2.75, 3.05) is 12.4 Å². The molecule has 0 aliphatic heterocycles. The van der Waals surface area contributed by atoms with E-state index in [4.69, 9.17) is 23.2 Å². The first-order chi connectivity index (χ1) is 7.70. The quantitative estimate of drug-likeness (QED) is 0.731. The fourth-order valence-electron chi connectivity index (χ4n) is 1.81. The number of rotatable bonds is 5. The first kappa shape index (κ1) is 12.2. The fourth-order valence-corrected chi connectivity index (χ4v) is 2.15. The van der Waals surface area contributed by atoms with Gasteiger partial charge >= 0.3 is 0 Å². The second-order valence-corrected chi connectivity index (χ2v) is 4.92. The molecule has 0 heterocycles. The van der Waals surface area contributed by atoms with Crippen LogP contribution in [-0.4, -0.2) is 23.4 Å². The molecule has 0 amide bonds. The summed E-state index contributed by atoms with van der Waals surface area (Å²) in [5.41, 5.74) is 0.957. The largest absolute Gasteiger partial charge is 0.295 e. The molecule has 0 bridgehead atoms. The fraction of sp³-hybridized carbons (Fsp3) is 0.500. The van der Waals surface area contributed by atoms with Crippen LogP contribution in [0.2, 0.25) is 5.02 Å². The molecule has 0 N–H and O–H groups in total. The van der Waals surface area contributed by atoms with E-state index in [0.717, 1.165) is 18.7 Å². The highest BCUT2D eigenvalue weighted by Crippen LogP contribution is 2.28.